The predicted octanol–water partition coefficient (Wildman–Crippen LogP) is 2.60. The first-order chi connectivity index (χ1) is 9.10. The summed E-state index contributed by atoms with van der Waals surface area (Å²) in [6.07, 6.45) is 1.43. The number of carbonyl (C=O) groups excluding carboxylic acids is 2. The number of rotatable bonds is 6. The standard InChI is InChI=1S/C15H18O4/c1-4-8-13(15(17)18-3)11(2)19-14(16)12-9-6-5-7-10-12/h4-7,9-11,13H,1,8H2,2-3H3. The zero-order valence-corrected chi connectivity index (χ0v) is 11.2. The van der Waals surface area contributed by atoms with Crippen molar-refractivity contribution in [3.63, 3.8) is 0 Å². The third-order valence-corrected chi connectivity index (χ3v) is 2.79. The molecule has 0 bridgehead atoms. The van der Waals surface area contributed by atoms with E-state index in [2.05, 4.69) is 6.58 Å². The molecule has 0 N–H and O–H groups in total. The Balaban J connectivity index is 2.71. The normalized spacial score (nSPS) is 13.2. The third-order valence-electron chi connectivity index (χ3n) is 2.79. The van der Waals surface area contributed by atoms with Gasteiger partial charge in [-0.1, -0.05) is 24.3 Å². The number of allylic oxidation sites excluding steroid dienone is 1. The highest BCUT2D eigenvalue weighted by atomic mass is 16.6. The van der Waals surface area contributed by atoms with Crippen molar-refractivity contribution < 1.29 is 19.1 Å². The number of carbonyl (C=O) groups is 2. The quantitative estimate of drug-likeness (QED) is 0.584. The van der Waals surface area contributed by atoms with Gasteiger partial charge in [0.05, 0.1) is 18.6 Å². The molecule has 2 atom stereocenters. The van der Waals surface area contributed by atoms with Crippen LogP contribution in [0.3, 0.4) is 0 Å². The fourth-order valence-electron chi connectivity index (χ4n) is 1.70. The molecule has 0 aromatic heterocycles. The highest BCUT2D eigenvalue weighted by Gasteiger charge is 2.28. The maximum Gasteiger partial charge on any atom is 0.338 e. The van der Waals surface area contributed by atoms with Crippen LogP contribution >= 0.6 is 0 Å². The summed E-state index contributed by atoms with van der Waals surface area (Å²) in [5.41, 5.74) is 0.455. The summed E-state index contributed by atoms with van der Waals surface area (Å²) < 4.78 is 9.98. The molecule has 4 nitrogen and oxygen atoms in total. The van der Waals surface area contributed by atoms with Crippen LogP contribution < -0.4 is 0 Å². The number of ether oxygens (including phenoxy) is 2. The van der Waals surface area contributed by atoms with Gasteiger partial charge in [0.2, 0.25) is 0 Å². The Morgan fingerprint density at radius 3 is 2.47 bits per heavy atom. The second-order valence-corrected chi connectivity index (χ2v) is 4.13. The van der Waals surface area contributed by atoms with Gasteiger partial charge in [-0.25, -0.2) is 4.79 Å². The van der Waals surface area contributed by atoms with Crippen molar-refractivity contribution in [1.82, 2.24) is 0 Å². The van der Waals surface area contributed by atoms with Crippen molar-refractivity contribution in [1.29, 1.82) is 0 Å². The number of hydrogen-bond donors (Lipinski definition) is 0. The zero-order chi connectivity index (χ0) is 14.3. The molecule has 102 valence electrons. The van der Waals surface area contributed by atoms with Gasteiger partial charge in [0, 0.05) is 0 Å². The largest absolute Gasteiger partial charge is 0.469 e. The van der Waals surface area contributed by atoms with Gasteiger partial charge < -0.3 is 9.47 Å². The van der Waals surface area contributed by atoms with Crippen molar-refractivity contribution in [2.75, 3.05) is 7.11 Å². The van der Waals surface area contributed by atoms with Gasteiger partial charge in [-0.05, 0) is 25.5 Å². The van der Waals surface area contributed by atoms with Crippen LogP contribution in [-0.2, 0) is 14.3 Å². The van der Waals surface area contributed by atoms with Gasteiger partial charge in [0.1, 0.15) is 6.10 Å². The third kappa shape index (κ3) is 4.25. The second kappa shape index (κ2) is 7.36. The van der Waals surface area contributed by atoms with E-state index in [0.29, 0.717) is 12.0 Å². The maximum atomic E-state index is 11.9. The molecule has 0 aliphatic heterocycles. The first kappa shape index (κ1) is 15.0. The summed E-state index contributed by atoms with van der Waals surface area (Å²) in [5.74, 6) is -1.39. The lowest BCUT2D eigenvalue weighted by molar-refractivity contribution is -0.149. The lowest BCUT2D eigenvalue weighted by atomic mass is 10.00. The maximum absolute atomic E-state index is 11.9. The lowest BCUT2D eigenvalue weighted by Crippen LogP contribution is -2.31. The highest BCUT2D eigenvalue weighted by Crippen LogP contribution is 2.16. The predicted molar refractivity (Wildman–Crippen MR) is 71.6 cm³/mol. The topological polar surface area (TPSA) is 52.6 Å². The summed E-state index contributed by atoms with van der Waals surface area (Å²) >= 11 is 0. The van der Waals surface area contributed by atoms with E-state index >= 15 is 0 Å². The van der Waals surface area contributed by atoms with Crippen molar-refractivity contribution in [3.8, 4) is 0 Å². The zero-order valence-electron chi connectivity index (χ0n) is 11.2. The van der Waals surface area contributed by atoms with Gasteiger partial charge in [-0.15, -0.1) is 6.58 Å². The monoisotopic (exact) mass is 262 g/mol. The van der Waals surface area contributed by atoms with Crippen LogP contribution in [0.15, 0.2) is 43.0 Å². The van der Waals surface area contributed by atoms with Gasteiger partial charge in [-0.3, -0.25) is 4.79 Å². The van der Waals surface area contributed by atoms with E-state index in [4.69, 9.17) is 9.47 Å². The van der Waals surface area contributed by atoms with E-state index in [0.717, 1.165) is 0 Å². The van der Waals surface area contributed by atoms with E-state index in [9.17, 15) is 9.59 Å². The molecule has 0 amide bonds. The molecule has 2 unspecified atom stereocenters. The minimum Gasteiger partial charge on any atom is -0.469 e. The average Bonchev–Trinajstić information content (AvgIpc) is 2.44. The smallest absolute Gasteiger partial charge is 0.338 e. The van der Waals surface area contributed by atoms with Crippen LogP contribution in [0.5, 0.6) is 0 Å². The van der Waals surface area contributed by atoms with E-state index in [-0.39, 0.29) is 0 Å². The van der Waals surface area contributed by atoms with Crippen molar-refractivity contribution in [2.24, 2.45) is 5.92 Å². The molecule has 0 saturated heterocycles. The van der Waals surface area contributed by atoms with Gasteiger partial charge in [-0.2, -0.15) is 0 Å². The molecule has 1 aromatic rings. The van der Waals surface area contributed by atoms with Crippen molar-refractivity contribution in [2.45, 2.75) is 19.4 Å². The molecule has 0 aliphatic rings. The number of methoxy groups -OCH3 is 1. The number of hydrogen-bond acceptors (Lipinski definition) is 4. The van der Waals surface area contributed by atoms with E-state index in [1.54, 1.807) is 37.3 Å². The molecule has 4 heteroatoms. The van der Waals surface area contributed by atoms with Gasteiger partial charge in [0.15, 0.2) is 0 Å². The fraction of sp³-hybridized carbons (Fsp3) is 0.333. The van der Waals surface area contributed by atoms with Crippen molar-refractivity contribution in [3.05, 3.63) is 48.6 Å². The Morgan fingerprint density at radius 2 is 1.95 bits per heavy atom. The van der Waals surface area contributed by atoms with Crippen molar-refractivity contribution >= 4 is 11.9 Å². The molecule has 0 aliphatic carbocycles. The number of esters is 2. The Hall–Kier alpha value is -2.10. The van der Waals surface area contributed by atoms with E-state index in [1.807, 2.05) is 6.07 Å². The lowest BCUT2D eigenvalue weighted by Gasteiger charge is -2.20. The summed E-state index contributed by atoms with van der Waals surface area (Å²) in [6.45, 7) is 5.26. The van der Waals surface area contributed by atoms with Crippen LogP contribution in [0, 0.1) is 5.92 Å². The Morgan fingerprint density at radius 1 is 1.32 bits per heavy atom. The first-order valence-corrected chi connectivity index (χ1v) is 6.05. The van der Waals surface area contributed by atoms with Crippen LogP contribution in [0.1, 0.15) is 23.7 Å². The SMILES string of the molecule is C=CCC(C(=O)OC)C(C)OC(=O)c1ccccc1. The fourth-order valence-corrected chi connectivity index (χ4v) is 1.70. The molecule has 19 heavy (non-hydrogen) atoms. The molecule has 0 saturated carbocycles. The Labute approximate surface area is 113 Å². The molecule has 0 fully saturated rings. The van der Waals surface area contributed by atoms with Gasteiger partial charge in [0.25, 0.3) is 0 Å². The number of benzene rings is 1. The van der Waals surface area contributed by atoms with Crippen LogP contribution in [-0.4, -0.2) is 25.2 Å². The van der Waals surface area contributed by atoms with Gasteiger partial charge >= 0.3 is 11.9 Å². The van der Waals surface area contributed by atoms with E-state index in [1.165, 1.54) is 7.11 Å². The molecule has 0 radical (unpaired) electrons. The highest BCUT2D eigenvalue weighted by molar-refractivity contribution is 5.89. The van der Waals surface area contributed by atoms with Crippen LogP contribution in [0.4, 0.5) is 0 Å². The second-order valence-electron chi connectivity index (χ2n) is 4.13. The molecule has 1 aromatic carbocycles. The summed E-state index contributed by atoms with van der Waals surface area (Å²) in [6, 6.07) is 8.65. The van der Waals surface area contributed by atoms with E-state index < -0.39 is 24.0 Å². The first-order valence-electron chi connectivity index (χ1n) is 6.05. The van der Waals surface area contributed by atoms with Crippen LogP contribution in [0.25, 0.3) is 0 Å². The summed E-state index contributed by atoms with van der Waals surface area (Å²) in [7, 11) is 1.31. The minimum absolute atomic E-state index is 0.399. The summed E-state index contributed by atoms with van der Waals surface area (Å²) in [4.78, 5) is 23.5. The average molecular weight is 262 g/mol. The molecule has 0 heterocycles. The Kier molecular flexibility index (Phi) is 5.79. The minimum atomic E-state index is -0.571. The Bertz CT molecular complexity index is 439. The molecule has 1 rings (SSSR count). The summed E-state index contributed by atoms with van der Waals surface area (Å²) in [5, 5.41) is 0. The molecular formula is C15H18O4. The van der Waals surface area contributed by atoms with Crippen LogP contribution in [0.2, 0.25) is 0 Å². The molecule has 0 spiro atoms. The molecular weight excluding hydrogens is 244 g/mol.